The lowest BCUT2D eigenvalue weighted by molar-refractivity contribution is 0.0687. The van der Waals surface area contributed by atoms with E-state index < -0.39 is 11.9 Å². The van der Waals surface area contributed by atoms with Gasteiger partial charge in [-0.2, -0.15) is 0 Å². The molecule has 0 atom stereocenters. The molecule has 2 rings (SSSR count). The molecule has 0 aromatic heterocycles. The van der Waals surface area contributed by atoms with E-state index in [0.29, 0.717) is 14.5 Å². The average Bonchev–Trinajstić information content (AvgIpc) is 2.42. The maximum atomic E-state index is 10.5. The standard InChI is InChI=1S/C7H5BrClNO2.C7H6ClNO2.CH4/c8-4-1-3(7(11)12)6(10)2-5(4)9;8-4-1-2-5(7(10)11)6(9)3-4;/h1-2H,10H2,(H,11,12);1-3H,9H2,(H,10,11);1H4. The number of benzene rings is 2. The molecule has 9 heteroatoms. The summed E-state index contributed by atoms with van der Waals surface area (Å²) in [6.45, 7) is 0. The van der Waals surface area contributed by atoms with E-state index >= 15 is 0 Å². The van der Waals surface area contributed by atoms with E-state index in [0.717, 1.165) is 0 Å². The maximum absolute atomic E-state index is 10.5. The van der Waals surface area contributed by atoms with Crippen LogP contribution in [0.25, 0.3) is 0 Å². The minimum atomic E-state index is -1.06. The van der Waals surface area contributed by atoms with E-state index in [2.05, 4.69) is 15.9 Å². The molecule has 0 saturated heterocycles. The molecule has 0 aliphatic rings. The quantitative estimate of drug-likeness (QED) is 0.507. The van der Waals surface area contributed by atoms with E-state index in [9.17, 15) is 9.59 Å². The monoisotopic (exact) mass is 436 g/mol. The van der Waals surface area contributed by atoms with Gasteiger partial charge in [0.2, 0.25) is 0 Å². The molecule has 0 amide bonds. The molecule has 0 aliphatic carbocycles. The van der Waals surface area contributed by atoms with Crippen molar-refractivity contribution in [2.24, 2.45) is 0 Å². The number of aromatic carboxylic acids is 2. The average molecular weight is 438 g/mol. The highest BCUT2D eigenvalue weighted by Crippen LogP contribution is 2.27. The third-order valence-electron chi connectivity index (χ3n) is 2.57. The van der Waals surface area contributed by atoms with Crippen LogP contribution in [0.15, 0.2) is 34.8 Å². The second-order valence-electron chi connectivity index (χ2n) is 4.20. The Morgan fingerprint density at radius 3 is 1.88 bits per heavy atom. The lowest BCUT2D eigenvalue weighted by Gasteiger charge is -2.02. The number of carbonyl (C=O) groups is 2. The first-order valence-electron chi connectivity index (χ1n) is 5.89. The molecule has 0 radical (unpaired) electrons. The van der Waals surface area contributed by atoms with Crippen molar-refractivity contribution in [1.29, 1.82) is 0 Å². The van der Waals surface area contributed by atoms with Crippen LogP contribution < -0.4 is 11.5 Å². The number of nitrogen functional groups attached to an aromatic ring is 2. The minimum absolute atomic E-state index is 0. The van der Waals surface area contributed by atoms with Gasteiger partial charge in [-0.25, -0.2) is 9.59 Å². The normalized spacial score (nSPS) is 9.29. The zero-order chi connectivity index (χ0) is 17.7. The third-order valence-corrected chi connectivity index (χ3v) is 4.00. The number of anilines is 2. The zero-order valence-electron chi connectivity index (χ0n) is 11.4. The van der Waals surface area contributed by atoms with Gasteiger partial charge >= 0.3 is 11.9 Å². The Bertz CT molecular complexity index is 769. The Kier molecular flexibility index (Phi) is 8.60. The number of halogens is 3. The Morgan fingerprint density at radius 1 is 0.917 bits per heavy atom. The Labute approximate surface area is 157 Å². The molecule has 2 aromatic carbocycles. The summed E-state index contributed by atoms with van der Waals surface area (Å²) < 4.78 is 0.524. The van der Waals surface area contributed by atoms with Crippen molar-refractivity contribution in [3.63, 3.8) is 0 Å². The van der Waals surface area contributed by atoms with Gasteiger partial charge in [0.05, 0.1) is 16.1 Å². The molecule has 6 nitrogen and oxygen atoms in total. The number of rotatable bonds is 2. The lowest BCUT2D eigenvalue weighted by atomic mass is 10.2. The van der Waals surface area contributed by atoms with E-state index in [1.54, 1.807) is 0 Å². The van der Waals surface area contributed by atoms with E-state index in [1.807, 2.05) is 0 Å². The molecule has 130 valence electrons. The fraction of sp³-hybridized carbons (Fsp3) is 0.0667. The summed E-state index contributed by atoms with van der Waals surface area (Å²) in [7, 11) is 0. The van der Waals surface area contributed by atoms with Crippen molar-refractivity contribution in [3.8, 4) is 0 Å². The summed E-state index contributed by atoms with van der Waals surface area (Å²) in [4.78, 5) is 21.0. The van der Waals surface area contributed by atoms with Crippen LogP contribution in [0.4, 0.5) is 11.4 Å². The maximum Gasteiger partial charge on any atom is 0.337 e. The van der Waals surface area contributed by atoms with Crippen molar-refractivity contribution in [2.45, 2.75) is 7.43 Å². The van der Waals surface area contributed by atoms with Crippen molar-refractivity contribution >= 4 is 62.4 Å². The van der Waals surface area contributed by atoms with Crippen molar-refractivity contribution in [1.82, 2.24) is 0 Å². The van der Waals surface area contributed by atoms with Crippen LogP contribution in [-0.4, -0.2) is 22.2 Å². The van der Waals surface area contributed by atoms with Gasteiger partial charge in [-0.1, -0.05) is 30.6 Å². The number of hydrogen-bond acceptors (Lipinski definition) is 4. The van der Waals surface area contributed by atoms with Gasteiger partial charge in [0, 0.05) is 20.9 Å². The van der Waals surface area contributed by atoms with Gasteiger partial charge in [-0.05, 0) is 46.3 Å². The first-order chi connectivity index (χ1) is 10.6. The van der Waals surface area contributed by atoms with Gasteiger partial charge in [-0.3, -0.25) is 0 Å². The van der Waals surface area contributed by atoms with Crippen LogP contribution in [-0.2, 0) is 0 Å². The van der Waals surface area contributed by atoms with Gasteiger partial charge in [-0.15, -0.1) is 0 Å². The second-order valence-corrected chi connectivity index (χ2v) is 5.89. The summed E-state index contributed by atoms with van der Waals surface area (Å²) in [6, 6.07) is 7.04. The van der Waals surface area contributed by atoms with Gasteiger partial charge in [0.1, 0.15) is 0 Å². The van der Waals surface area contributed by atoms with Crippen molar-refractivity contribution in [2.75, 3.05) is 11.5 Å². The van der Waals surface area contributed by atoms with Crippen LogP contribution in [0.3, 0.4) is 0 Å². The predicted octanol–water partition coefficient (Wildman–Crippen LogP) is 4.64. The van der Waals surface area contributed by atoms with Crippen LogP contribution in [0.1, 0.15) is 28.1 Å². The van der Waals surface area contributed by atoms with Crippen molar-refractivity contribution < 1.29 is 19.8 Å². The fourth-order valence-corrected chi connectivity index (χ4v) is 2.17. The smallest absolute Gasteiger partial charge is 0.337 e. The molecule has 6 N–H and O–H groups in total. The van der Waals surface area contributed by atoms with E-state index in [-0.39, 0.29) is 29.9 Å². The molecule has 0 fully saturated rings. The Morgan fingerprint density at radius 2 is 1.42 bits per heavy atom. The molecule has 0 spiro atoms. The Balaban J connectivity index is 0.000000425. The highest BCUT2D eigenvalue weighted by atomic mass is 79.9. The van der Waals surface area contributed by atoms with Crippen molar-refractivity contribution in [3.05, 3.63) is 56.0 Å². The molecular weight excluding hydrogens is 423 g/mol. The lowest BCUT2D eigenvalue weighted by Crippen LogP contribution is -2.02. The molecule has 0 aliphatic heterocycles. The fourth-order valence-electron chi connectivity index (χ4n) is 1.48. The Hall–Kier alpha value is -1.96. The minimum Gasteiger partial charge on any atom is -0.478 e. The summed E-state index contributed by atoms with van der Waals surface area (Å²) in [5.74, 6) is -2.11. The number of hydrogen-bond donors (Lipinski definition) is 4. The molecule has 0 unspecified atom stereocenters. The molecule has 0 saturated carbocycles. The van der Waals surface area contributed by atoms with Gasteiger partial charge in [0.15, 0.2) is 0 Å². The largest absolute Gasteiger partial charge is 0.478 e. The summed E-state index contributed by atoms with van der Waals surface area (Å²) >= 11 is 14.3. The van der Waals surface area contributed by atoms with Gasteiger partial charge < -0.3 is 21.7 Å². The van der Waals surface area contributed by atoms with Gasteiger partial charge in [0.25, 0.3) is 0 Å². The molecule has 2 aromatic rings. The first-order valence-corrected chi connectivity index (χ1v) is 7.44. The summed E-state index contributed by atoms with van der Waals surface area (Å²) in [6.07, 6.45) is 0. The van der Waals surface area contributed by atoms with E-state index in [4.69, 9.17) is 44.9 Å². The summed E-state index contributed by atoms with van der Waals surface area (Å²) in [5, 5.41) is 18.0. The highest BCUT2D eigenvalue weighted by molar-refractivity contribution is 9.10. The van der Waals surface area contributed by atoms with Crippen LogP contribution in [0, 0.1) is 0 Å². The molecule has 24 heavy (non-hydrogen) atoms. The predicted molar refractivity (Wildman–Crippen MR) is 100 cm³/mol. The highest BCUT2D eigenvalue weighted by Gasteiger charge is 2.10. The topological polar surface area (TPSA) is 127 Å². The number of carboxylic acids is 2. The third kappa shape index (κ3) is 5.92. The van der Waals surface area contributed by atoms with Crippen LogP contribution >= 0.6 is 39.1 Å². The number of nitrogens with two attached hydrogens (primary N) is 2. The SMILES string of the molecule is C.Nc1cc(Cl)c(Br)cc1C(=O)O.Nc1cc(Cl)ccc1C(=O)O. The second kappa shape index (κ2) is 9.36. The van der Waals surface area contributed by atoms with Crippen LogP contribution in [0.5, 0.6) is 0 Å². The zero-order valence-corrected chi connectivity index (χ0v) is 14.5. The van der Waals surface area contributed by atoms with E-state index in [1.165, 1.54) is 30.3 Å². The molecular formula is C15H15BrCl2N2O4. The summed E-state index contributed by atoms with van der Waals surface area (Å²) in [5.41, 5.74) is 11.2. The molecule has 0 heterocycles. The molecule has 0 bridgehead atoms. The number of carboxylic acid groups (broad SMARTS) is 2. The first kappa shape index (κ1) is 22.0. The van der Waals surface area contributed by atoms with Crippen LogP contribution in [0.2, 0.25) is 10.0 Å².